The van der Waals surface area contributed by atoms with Gasteiger partial charge in [0.25, 0.3) is 0 Å². The standard InChI is InChI=1S/C6H5BrO.C6H5Br/c7-5-1-3-6(8)4-2-5;7-6-4-2-1-3-5-6/h1-4,8H;1-5H. The molecule has 0 aliphatic rings. The number of rotatable bonds is 0. The van der Waals surface area contributed by atoms with E-state index in [4.69, 9.17) is 5.11 Å². The van der Waals surface area contributed by atoms with Crippen LogP contribution >= 0.6 is 31.9 Å². The summed E-state index contributed by atoms with van der Waals surface area (Å²) in [5, 5.41) is 8.74. The van der Waals surface area contributed by atoms with E-state index in [0.29, 0.717) is 5.75 Å². The minimum atomic E-state index is 0.299. The van der Waals surface area contributed by atoms with E-state index in [-0.39, 0.29) is 0 Å². The summed E-state index contributed by atoms with van der Waals surface area (Å²) in [5.41, 5.74) is 0. The third-order valence-corrected chi connectivity index (χ3v) is 2.62. The molecule has 0 aliphatic carbocycles. The average Bonchev–Trinajstić information content (AvgIpc) is 2.25. The Morgan fingerprint density at radius 3 is 1.47 bits per heavy atom. The molecule has 0 amide bonds. The van der Waals surface area contributed by atoms with Crippen LogP contribution in [0, 0.1) is 0 Å². The van der Waals surface area contributed by atoms with Gasteiger partial charge in [-0.05, 0) is 36.4 Å². The first kappa shape index (κ1) is 12.3. The first-order valence-electron chi connectivity index (χ1n) is 4.33. The highest BCUT2D eigenvalue weighted by atomic mass is 79.9. The number of hydrogen-bond donors (Lipinski definition) is 1. The predicted octanol–water partition coefficient (Wildman–Crippen LogP) is 4.60. The van der Waals surface area contributed by atoms with E-state index in [0.717, 1.165) is 8.95 Å². The van der Waals surface area contributed by atoms with Crippen molar-refractivity contribution < 1.29 is 5.11 Å². The van der Waals surface area contributed by atoms with Crippen molar-refractivity contribution >= 4 is 31.9 Å². The summed E-state index contributed by atoms with van der Waals surface area (Å²) < 4.78 is 2.12. The lowest BCUT2D eigenvalue weighted by Crippen LogP contribution is -1.61. The molecule has 2 rings (SSSR count). The summed E-state index contributed by atoms with van der Waals surface area (Å²) in [5.74, 6) is 0.299. The van der Waals surface area contributed by atoms with E-state index < -0.39 is 0 Å². The van der Waals surface area contributed by atoms with Gasteiger partial charge in [-0.1, -0.05) is 50.1 Å². The highest BCUT2D eigenvalue weighted by Crippen LogP contribution is 2.13. The molecule has 0 fully saturated rings. The van der Waals surface area contributed by atoms with E-state index in [9.17, 15) is 0 Å². The SMILES string of the molecule is Brc1ccccc1.Oc1ccc(Br)cc1. The normalized spacial score (nSPS) is 8.93. The molecule has 0 heterocycles. The van der Waals surface area contributed by atoms with Crippen LogP contribution in [-0.4, -0.2) is 5.11 Å². The fourth-order valence-corrected chi connectivity index (χ4v) is 1.43. The number of benzene rings is 2. The molecule has 1 N–H and O–H groups in total. The van der Waals surface area contributed by atoms with Gasteiger partial charge in [-0.2, -0.15) is 0 Å². The maximum absolute atomic E-state index is 8.74. The van der Waals surface area contributed by atoms with Crippen LogP contribution in [0.5, 0.6) is 5.75 Å². The summed E-state index contributed by atoms with van der Waals surface area (Å²) in [7, 11) is 0. The molecule has 0 unspecified atom stereocenters. The van der Waals surface area contributed by atoms with E-state index in [1.807, 2.05) is 30.3 Å². The number of hydrogen-bond acceptors (Lipinski definition) is 1. The molecule has 0 aromatic heterocycles. The first-order chi connectivity index (χ1) is 7.18. The predicted molar refractivity (Wildman–Crippen MR) is 69.9 cm³/mol. The van der Waals surface area contributed by atoms with Crippen molar-refractivity contribution in [2.75, 3.05) is 0 Å². The van der Waals surface area contributed by atoms with Crippen molar-refractivity contribution in [2.24, 2.45) is 0 Å². The van der Waals surface area contributed by atoms with Gasteiger partial charge in [0.05, 0.1) is 0 Å². The van der Waals surface area contributed by atoms with Crippen LogP contribution in [0.3, 0.4) is 0 Å². The number of phenolic OH excluding ortho intramolecular Hbond substituents is 1. The van der Waals surface area contributed by atoms with Gasteiger partial charge in [0.1, 0.15) is 5.75 Å². The molecule has 0 aliphatic heterocycles. The van der Waals surface area contributed by atoms with Gasteiger partial charge >= 0.3 is 0 Å². The zero-order valence-corrected chi connectivity index (χ0v) is 11.1. The fraction of sp³-hybridized carbons (Fsp3) is 0. The van der Waals surface area contributed by atoms with Crippen molar-refractivity contribution in [1.29, 1.82) is 0 Å². The van der Waals surface area contributed by atoms with Crippen LogP contribution in [0.1, 0.15) is 0 Å². The highest BCUT2D eigenvalue weighted by molar-refractivity contribution is 9.10. The maximum Gasteiger partial charge on any atom is 0.115 e. The first-order valence-corrected chi connectivity index (χ1v) is 5.92. The van der Waals surface area contributed by atoms with Gasteiger partial charge in [0.15, 0.2) is 0 Å². The molecule has 0 bridgehead atoms. The smallest absolute Gasteiger partial charge is 0.115 e. The summed E-state index contributed by atoms with van der Waals surface area (Å²) in [6.07, 6.45) is 0. The van der Waals surface area contributed by atoms with Crippen LogP contribution in [0.2, 0.25) is 0 Å². The summed E-state index contributed by atoms with van der Waals surface area (Å²) in [6.45, 7) is 0. The Balaban J connectivity index is 0.000000151. The average molecular weight is 330 g/mol. The van der Waals surface area contributed by atoms with Gasteiger partial charge in [-0.25, -0.2) is 0 Å². The molecule has 0 atom stereocenters. The molecular weight excluding hydrogens is 320 g/mol. The van der Waals surface area contributed by atoms with Crippen molar-refractivity contribution in [3.05, 3.63) is 63.5 Å². The quantitative estimate of drug-likeness (QED) is 0.748. The Labute approximate surface area is 106 Å². The second-order valence-electron chi connectivity index (χ2n) is 2.77. The summed E-state index contributed by atoms with van der Waals surface area (Å²) in [6, 6.07) is 16.8. The van der Waals surface area contributed by atoms with Crippen LogP contribution in [0.25, 0.3) is 0 Å². The van der Waals surface area contributed by atoms with Gasteiger partial charge in [-0.15, -0.1) is 0 Å². The van der Waals surface area contributed by atoms with Crippen LogP contribution < -0.4 is 0 Å². The second kappa shape index (κ2) is 6.64. The van der Waals surface area contributed by atoms with Crippen molar-refractivity contribution in [3.8, 4) is 5.75 Å². The monoisotopic (exact) mass is 328 g/mol. The number of aromatic hydroxyl groups is 1. The minimum Gasteiger partial charge on any atom is -0.508 e. The fourth-order valence-electron chi connectivity index (χ4n) is 0.856. The summed E-state index contributed by atoms with van der Waals surface area (Å²) >= 11 is 6.55. The Hall–Kier alpha value is -0.800. The molecule has 2 aromatic rings. The highest BCUT2D eigenvalue weighted by Gasteiger charge is 1.83. The van der Waals surface area contributed by atoms with Crippen LogP contribution in [-0.2, 0) is 0 Å². The Morgan fingerprint density at radius 2 is 1.13 bits per heavy atom. The van der Waals surface area contributed by atoms with Crippen LogP contribution in [0.4, 0.5) is 0 Å². The topological polar surface area (TPSA) is 20.2 Å². The lowest BCUT2D eigenvalue weighted by Gasteiger charge is -1.87. The van der Waals surface area contributed by atoms with Crippen molar-refractivity contribution in [3.63, 3.8) is 0 Å². The maximum atomic E-state index is 8.74. The zero-order valence-electron chi connectivity index (χ0n) is 7.90. The largest absolute Gasteiger partial charge is 0.508 e. The van der Waals surface area contributed by atoms with Gasteiger partial charge in [0, 0.05) is 8.95 Å². The van der Waals surface area contributed by atoms with E-state index >= 15 is 0 Å². The molecule has 78 valence electrons. The minimum absolute atomic E-state index is 0.299. The molecular formula is C12H10Br2O. The molecule has 0 spiro atoms. The van der Waals surface area contributed by atoms with Crippen molar-refractivity contribution in [2.45, 2.75) is 0 Å². The second-order valence-corrected chi connectivity index (χ2v) is 4.60. The lowest BCUT2D eigenvalue weighted by atomic mass is 10.3. The molecule has 0 radical (unpaired) electrons. The summed E-state index contributed by atoms with van der Waals surface area (Å²) in [4.78, 5) is 0. The molecule has 15 heavy (non-hydrogen) atoms. The van der Waals surface area contributed by atoms with Gasteiger partial charge < -0.3 is 5.11 Å². The Morgan fingerprint density at radius 1 is 0.667 bits per heavy atom. The Bertz CT molecular complexity index is 363. The molecule has 0 saturated carbocycles. The molecule has 3 heteroatoms. The van der Waals surface area contributed by atoms with Crippen molar-refractivity contribution in [1.82, 2.24) is 0 Å². The number of phenols is 1. The zero-order chi connectivity index (χ0) is 11.1. The number of halogens is 2. The van der Waals surface area contributed by atoms with E-state index in [1.165, 1.54) is 0 Å². The van der Waals surface area contributed by atoms with E-state index in [2.05, 4.69) is 31.9 Å². The lowest BCUT2D eigenvalue weighted by molar-refractivity contribution is 0.475. The third-order valence-electron chi connectivity index (χ3n) is 1.56. The van der Waals surface area contributed by atoms with Crippen LogP contribution in [0.15, 0.2) is 63.5 Å². The van der Waals surface area contributed by atoms with Gasteiger partial charge in [0.2, 0.25) is 0 Å². The van der Waals surface area contributed by atoms with E-state index in [1.54, 1.807) is 24.3 Å². The Kier molecular flexibility index (Phi) is 5.43. The molecule has 1 nitrogen and oxygen atoms in total. The molecule has 0 saturated heterocycles. The van der Waals surface area contributed by atoms with Gasteiger partial charge in [-0.3, -0.25) is 0 Å². The third kappa shape index (κ3) is 5.60. The molecule has 2 aromatic carbocycles.